The van der Waals surface area contributed by atoms with Gasteiger partial charge in [0.05, 0.1) is 7.11 Å². The Balaban J connectivity index is 1.95. The Morgan fingerprint density at radius 1 is 1.00 bits per heavy atom. The van der Waals surface area contributed by atoms with Gasteiger partial charge in [0.25, 0.3) is 0 Å². The summed E-state index contributed by atoms with van der Waals surface area (Å²) in [5.74, 6) is 0.938. The largest absolute Gasteiger partial charge is 0.496 e. The third kappa shape index (κ3) is 1.70. The second kappa shape index (κ2) is 4.48. The molecule has 4 rings (SSSR count). The Labute approximate surface area is 122 Å². The van der Waals surface area contributed by atoms with Gasteiger partial charge >= 0.3 is 5.97 Å². The number of esters is 1. The van der Waals surface area contributed by atoms with E-state index in [1.807, 2.05) is 24.3 Å². The average Bonchev–Trinajstić information content (AvgIpc) is 3.08. The van der Waals surface area contributed by atoms with E-state index in [0.29, 0.717) is 17.1 Å². The lowest BCUT2D eigenvalue weighted by atomic mass is 10.0. The molecule has 3 heteroatoms. The quantitative estimate of drug-likeness (QED) is 0.746. The van der Waals surface area contributed by atoms with E-state index in [-0.39, 0.29) is 5.97 Å². The van der Waals surface area contributed by atoms with Crippen molar-refractivity contribution in [3.05, 3.63) is 64.7 Å². The highest BCUT2D eigenvalue weighted by molar-refractivity contribution is 6.10. The fourth-order valence-electron chi connectivity index (χ4n) is 3.19. The van der Waals surface area contributed by atoms with Crippen molar-refractivity contribution < 1.29 is 14.3 Å². The van der Waals surface area contributed by atoms with Crippen LogP contribution in [0.2, 0.25) is 0 Å². The first-order chi connectivity index (χ1) is 10.3. The maximum atomic E-state index is 12.2. The van der Waals surface area contributed by atoms with Gasteiger partial charge in [-0.2, -0.15) is 0 Å². The number of carbonyl (C=O) groups is 1. The number of benzene rings is 2. The number of rotatable bonds is 1. The molecule has 2 aromatic carbocycles. The van der Waals surface area contributed by atoms with Crippen LogP contribution in [0.15, 0.2) is 42.5 Å². The SMILES string of the molecule is COc1cccc2c1C(=O)O/C2=C1\CCc2ccccc21. The standard InChI is InChI=1S/C18H14O3/c1-20-15-8-4-7-14-16(15)18(19)21-17(14)13-10-9-11-5-2-3-6-12(11)13/h2-8H,9-10H2,1H3/b17-13+. The van der Waals surface area contributed by atoms with Crippen LogP contribution in [0.25, 0.3) is 11.3 Å². The van der Waals surface area contributed by atoms with Gasteiger partial charge in [-0.25, -0.2) is 4.79 Å². The van der Waals surface area contributed by atoms with Crippen LogP contribution in [0.1, 0.15) is 33.5 Å². The van der Waals surface area contributed by atoms with Crippen molar-refractivity contribution in [3.8, 4) is 5.75 Å². The van der Waals surface area contributed by atoms with Gasteiger partial charge in [-0.05, 0) is 30.0 Å². The number of carbonyl (C=O) groups excluding carboxylic acids is 1. The molecule has 21 heavy (non-hydrogen) atoms. The molecule has 104 valence electrons. The second-order valence-corrected chi connectivity index (χ2v) is 5.24. The summed E-state index contributed by atoms with van der Waals surface area (Å²) in [7, 11) is 1.57. The highest BCUT2D eigenvalue weighted by atomic mass is 16.5. The smallest absolute Gasteiger partial charge is 0.348 e. The summed E-state index contributed by atoms with van der Waals surface area (Å²) >= 11 is 0. The molecule has 0 saturated carbocycles. The number of hydrogen-bond acceptors (Lipinski definition) is 3. The normalized spacial score (nSPS) is 19.2. The Morgan fingerprint density at radius 2 is 1.81 bits per heavy atom. The molecule has 0 unspecified atom stereocenters. The van der Waals surface area contributed by atoms with Gasteiger partial charge in [0.15, 0.2) is 0 Å². The molecule has 2 aromatic rings. The molecule has 1 heterocycles. The van der Waals surface area contributed by atoms with Crippen LogP contribution in [0.3, 0.4) is 0 Å². The number of ether oxygens (including phenoxy) is 2. The minimum atomic E-state index is -0.325. The van der Waals surface area contributed by atoms with Crippen molar-refractivity contribution in [3.63, 3.8) is 0 Å². The van der Waals surface area contributed by atoms with Crippen LogP contribution >= 0.6 is 0 Å². The van der Waals surface area contributed by atoms with E-state index in [1.54, 1.807) is 13.2 Å². The van der Waals surface area contributed by atoms with E-state index < -0.39 is 0 Å². The molecule has 1 aliphatic carbocycles. The van der Waals surface area contributed by atoms with E-state index >= 15 is 0 Å². The van der Waals surface area contributed by atoms with Gasteiger partial charge in [-0.3, -0.25) is 0 Å². The second-order valence-electron chi connectivity index (χ2n) is 5.24. The molecule has 1 aliphatic heterocycles. The lowest BCUT2D eigenvalue weighted by Crippen LogP contribution is -1.97. The summed E-state index contributed by atoms with van der Waals surface area (Å²) < 4.78 is 10.9. The predicted octanol–water partition coefficient (Wildman–Crippen LogP) is 3.68. The molecule has 3 nitrogen and oxygen atoms in total. The van der Waals surface area contributed by atoms with Crippen molar-refractivity contribution in [2.75, 3.05) is 7.11 Å². The summed E-state index contributed by atoms with van der Waals surface area (Å²) in [5, 5.41) is 0. The minimum absolute atomic E-state index is 0.325. The number of aryl methyl sites for hydroxylation is 1. The summed E-state index contributed by atoms with van der Waals surface area (Å²) in [6, 6.07) is 13.9. The van der Waals surface area contributed by atoms with Crippen LogP contribution in [0.5, 0.6) is 5.75 Å². The molecular formula is C18H14O3. The van der Waals surface area contributed by atoms with Crippen LogP contribution in [-0.4, -0.2) is 13.1 Å². The average molecular weight is 278 g/mol. The van der Waals surface area contributed by atoms with E-state index in [4.69, 9.17) is 9.47 Å². The van der Waals surface area contributed by atoms with Gasteiger partial charge in [0.1, 0.15) is 17.1 Å². The number of allylic oxidation sites excluding steroid dienone is 1. The van der Waals surface area contributed by atoms with Crippen molar-refractivity contribution in [2.45, 2.75) is 12.8 Å². The molecular weight excluding hydrogens is 264 g/mol. The van der Waals surface area contributed by atoms with Crippen LogP contribution in [0, 0.1) is 0 Å². The summed E-state index contributed by atoms with van der Waals surface area (Å²) in [6.45, 7) is 0. The van der Waals surface area contributed by atoms with Crippen LogP contribution in [-0.2, 0) is 11.2 Å². The molecule has 0 N–H and O–H groups in total. The van der Waals surface area contributed by atoms with E-state index in [1.165, 1.54) is 11.1 Å². The van der Waals surface area contributed by atoms with E-state index in [2.05, 4.69) is 12.1 Å². The predicted molar refractivity (Wildman–Crippen MR) is 80.0 cm³/mol. The topological polar surface area (TPSA) is 35.5 Å². The van der Waals surface area contributed by atoms with Crippen molar-refractivity contribution in [2.24, 2.45) is 0 Å². The lowest BCUT2D eigenvalue weighted by molar-refractivity contribution is 0.0713. The summed E-state index contributed by atoms with van der Waals surface area (Å²) in [5.41, 5.74) is 4.99. The third-order valence-corrected chi connectivity index (χ3v) is 4.15. The highest BCUT2D eigenvalue weighted by Gasteiger charge is 2.34. The fraction of sp³-hybridized carbons (Fsp3) is 0.167. The number of cyclic esters (lactones) is 1. The zero-order valence-electron chi connectivity index (χ0n) is 11.7. The van der Waals surface area contributed by atoms with E-state index in [9.17, 15) is 4.79 Å². The maximum Gasteiger partial charge on any atom is 0.348 e. The minimum Gasteiger partial charge on any atom is -0.496 e. The molecule has 0 radical (unpaired) electrons. The van der Waals surface area contributed by atoms with Gasteiger partial charge in [-0.15, -0.1) is 0 Å². The van der Waals surface area contributed by atoms with Crippen LogP contribution in [0.4, 0.5) is 0 Å². The molecule has 0 saturated heterocycles. The lowest BCUT2D eigenvalue weighted by Gasteiger charge is -2.06. The highest BCUT2D eigenvalue weighted by Crippen LogP contribution is 2.44. The van der Waals surface area contributed by atoms with Gasteiger partial charge in [0.2, 0.25) is 0 Å². The number of hydrogen-bond donors (Lipinski definition) is 0. The summed E-state index contributed by atoms with van der Waals surface area (Å²) in [6.07, 6.45) is 1.89. The van der Waals surface area contributed by atoms with Crippen molar-refractivity contribution in [1.82, 2.24) is 0 Å². The first-order valence-electron chi connectivity index (χ1n) is 7.00. The Morgan fingerprint density at radius 3 is 2.67 bits per heavy atom. The molecule has 0 fully saturated rings. The molecule has 0 atom stereocenters. The molecule has 0 bridgehead atoms. The number of methoxy groups -OCH3 is 1. The molecule has 0 amide bonds. The third-order valence-electron chi connectivity index (χ3n) is 4.15. The molecule has 2 aliphatic rings. The van der Waals surface area contributed by atoms with Crippen LogP contribution < -0.4 is 4.74 Å². The first-order valence-corrected chi connectivity index (χ1v) is 7.00. The van der Waals surface area contributed by atoms with Crippen molar-refractivity contribution in [1.29, 1.82) is 0 Å². The van der Waals surface area contributed by atoms with Crippen molar-refractivity contribution >= 4 is 17.3 Å². The zero-order valence-corrected chi connectivity index (χ0v) is 11.7. The molecule has 0 spiro atoms. The van der Waals surface area contributed by atoms with E-state index in [0.717, 1.165) is 24.0 Å². The Kier molecular flexibility index (Phi) is 2.61. The Bertz CT molecular complexity index is 787. The van der Waals surface area contributed by atoms with Gasteiger partial charge in [-0.1, -0.05) is 36.4 Å². The Hall–Kier alpha value is -2.55. The summed E-state index contributed by atoms with van der Waals surface area (Å²) in [4.78, 5) is 12.2. The maximum absolute atomic E-state index is 12.2. The first kappa shape index (κ1) is 12.2. The fourth-order valence-corrected chi connectivity index (χ4v) is 3.19. The zero-order chi connectivity index (χ0) is 14.4. The van der Waals surface area contributed by atoms with Gasteiger partial charge < -0.3 is 9.47 Å². The molecule has 0 aromatic heterocycles. The number of fused-ring (bicyclic) bond motifs is 2. The monoisotopic (exact) mass is 278 g/mol. The van der Waals surface area contributed by atoms with Gasteiger partial charge in [0, 0.05) is 11.1 Å².